The van der Waals surface area contributed by atoms with Crippen LogP contribution in [0.3, 0.4) is 0 Å². The van der Waals surface area contributed by atoms with Crippen molar-refractivity contribution in [1.82, 2.24) is 19.8 Å². The fourth-order valence-electron chi connectivity index (χ4n) is 2.89. The third-order valence-corrected chi connectivity index (χ3v) is 5.20. The normalized spacial score (nSPS) is 17.4. The summed E-state index contributed by atoms with van der Waals surface area (Å²) in [6.45, 7) is 4.50. The van der Waals surface area contributed by atoms with Crippen molar-refractivity contribution in [3.05, 3.63) is 40.4 Å². The highest BCUT2D eigenvalue weighted by molar-refractivity contribution is 7.90. The highest BCUT2D eigenvalue weighted by Crippen LogP contribution is 2.09. The summed E-state index contributed by atoms with van der Waals surface area (Å²) in [4.78, 5) is 23.9. The monoisotopic (exact) mass is 350 g/mol. The van der Waals surface area contributed by atoms with Crippen LogP contribution < -0.4 is 5.56 Å². The van der Waals surface area contributed by atoms with Gasteiger partial charge in [-0.15, -0.1) is 0 Å². The number of para-hydroxylation sites is 1. The number of aromatic amines is 1. The van der Waals surface area contributed by atoms with E-state index in [1.54, 1.807) is 6.07 Å². The van der Waals surface area contributed by atoms with E-state index in [2.05, 4.69) is 19.8 Å². The van der Waals surface area contributed by atoms with Gasteiger partial charge in [-0.2, -0.15) is 0 Å². The second kappa shape index (κ2) is 7.00. The maximum Gasteiger partial charge on any atom is 0.258 e. The molecule has 0 amide bonds. The molecule has 130 valence electrons. The van der Waals surface area contributed by atoms with E-state index in [-0.39, 0.29) is 11.3 Å². The van der Waals surface area contributed by atoms with Gasteiger partial charge in [0.05, 0.1) is 23.2 Å². The summed E-state index contributed by atoms with van der Waals surface area (Å²) in [5.41, 5.74) is 0.602. The average Bonchev–Trinajstić information content (AvgIpc) is 2.54. The lowest BCUT2D eigenvalue weighted by Crippen LogP contribution is -2.47. The van der Waals surface area contributed by atoms with Crippen LogP contribution in [-0.4, -0.2) is 72.9 Å². The van der Waals surface area contributed by atoms with E-state index in [9.17, 15) is 13.2 Å². The third kappa shape index (κ3) is 4.40. The Hall–Kier alpha value is -1.77. The predicted octanol–water partition coefficient (Wildman–Crippen LogP) is 0.0853. The molecule has 2 heterocycles. The Morgan fingerprint density at radius 3 is 2.50 bits per heavy atom. The minimum absolute atomic E-state index is 0.109. The van der Waals surface area contributed by atoms with Gasteiger partial charge in [0.25, 0.3) is 5.56 Å². The van der Waals surface area contributed by atoms with E-state index in [4.69, 9.17) is 0 Å². The second-order valence-electron chi connectivity index (χ2n) is 6.28. The Kier molecular flexibility index (Phi) is 4.98. The minimum atomic E-state index is -2.92. The van der Waals surface area contributed by atoms with Crippen LogP contribution in [0.4, 0.5) is 0 Å². The molecule has 0 bridgehead atoms. The molecule has 0 saturated carbocycles. The van der Waals surface area contributed by atoms with E-state index in [1.165, 1.54) is 6.26 Å². The number of nitrogens with zero attached hydrogens (tertiary/aromatic N) is 3. The molecule has 1 aromatic carbocycles. The minimum Gasteiger partial charge on any atom is -0.309 e. The zero-order chi connectivity index (χ0) is 17.2. The highest BCUT2D eigenvalue weighted by Gasteiger charge is 2.19. The largest absolute Gasteiger partial charge is 0.309 e. The lowest BCUT2D eigenvalue weighted by atomic mass is 10.2. The molecule has 1 saturated heterocycles. The molecule has 0 radical (unpaired) electrons. The first kappa shape index (κ1) is 17.1. The summed E-state index contributed by atoms with van der Waals surface area (Å²) in [5.74, 6) is 0.871. The molecule has 1 aliphatic heterocycles. The SMILES string of the molecule is CS(=O)(=O)CCN1CCN(Cc2nc3ccccc3c(=O)[nH]2)CC1. The van der Waals surface area contributed by atoms with Gasteiger partial charge in [0.1, 0.15) is 15.7 Å². The number of hydrogen-bond donors (Lipinski definition) is 1. The van der Waals surface area contributed by atoms with Crippen LogP contribution in [-0.2, 0) is 16.4 Å². The zero-order valence-electron chi connectivity index (χ0n) is 13.7. The Balaban J connectivity index is 1.59. The average molecular weight is 350 g/mol. The smallest absolute Gasteiger partial charge is 0.258 e. The van der Waals surface area contributed by atoms with Crippen molar-refractivity contribution in [2.45, 2.75) is 6.54 Å². The van der Waals surface area contributed by atoms with Gasteiger partial charge in [-0.3, -0.25) is 14.6 Å². The Morgan fingerprint density at radius 1 is 1.12 bits per heavy atom. The fraction of sp³-hybridized carbons (Fsp3) is 0.500. The van der Waals surface area contributed by atoms with Gasteiger partial charge in [-0.05, 0) is 12.1 Å². The molecule has 24 heavy (non-hydrogen) atoms. The van der Waals surface area contributed by atoms with Gasteiger partial charge in [-0.25, -0.2) is 13.4 Å². The van der Waals surface area contributed by atoms with Gasteiger partial charge in [0.15, 0.2) is 0 Å². The Bertz CT molecular complexity index is 870. The number of benzene rings is 1. The van der Waals surface area contributed by atoms with Crippen molar-refractivity contribution in [2.75, 3.05) is 44.7 Å². The molecule has 1 N–H and O–H groups in total. The zero-order valence-corrected chi connectivity index (χ0v) is 14.6. The van der Waals surface area contributed by atoms with Crippen molar-refractivity contribution in [3.63, 3.8) is 0 Å². The molecule has 1 aromatic heterocycles. The molecule has 0 atom stereocenters. The number of nitrogens with one attached hydrogen (secondary N) is 1. The van der Waals surface area contributed by atoms with Gasteiger partial charge in [-0.1, -0.05) is 12.1 Å². The first-order valence-corrected chi connectivity index (χ1v) is 10.1. The number of hydrogen-bond acceptors (Lipinski definition) is 6. The van der Waals surface area contributed by atoms with E-state index in [0.717, 1.165) is 26.2 Å². The first-order valence-electron chi connectivity index (χ1n) is 8.01. The van der Waals surface area contributed by atoms with Crippen LogP contribution in [0.1, 0.15) is 5.82 Å². The molecule has 7 nitrogen and oxygen atoms in total. The van der Waals surface area contributed by atoms with Crippen molar-refractivity contribution in [3.8, 4) is 0 Å². The molecule has 0 aliphatic carbocycles. The van der Waals surface area contributed by atoms with E-state index < -0.39 is 9.84 Å². The van der Waals surface area contributed by atoms with Crippen molar-refractivity contribution < 1.29 is 8.42 Å². The summed E-state index contributed by atoms with van der Waals surface area (Å²) < 4.78 is 22.5. The van der Waals surface area contributed by atoms with Crippen LogP contribution in [0.2, 0.25) is 0 Å². The predicted molar refractivity (Wildman–Crippen MR) is 93.8 cm³/mol. The lowest BCUT2D eigenvalue weighted by Gasteiger charge is -2.34. The van der Waals surface area contributed by atoms with Crippen LogP contribution in [0.15, 0.2) is 29.1 Å². The molecular formula is C16H22N4O3S. The second-order valence-corrected chi connectivity index (χ2v) is 8.54. The van der Waals surface area contributed by atoms with Crippen molar-refractivity contribution >= 4 is 20.7 Å². The number of H-pyrrole nitrogens is 1. The number of aromatic nitrogens is 2. The maximum absolute atomic E-state index is 12.1. The van der Waals surface area contributed by atoms with Gasteiger partial charge in [0.2, 0.25) is 0 Å². The van der Waals surface area contributed by atoms with Crippen LogP contribution in [0.25, 0.3) is 10.9 Å². The van der Waals surface area contributed by atoms with E-state index in [1.807, 2.05) is 18.2 Å². The van der Waals surface area contributed by atoms with Crippen LogP contribution in [0.5, 0.6) is 0 Å². The molecule has 8 heteroatoms. The van der Waals surface area contributed by atoms with Gasteiger partial charge >= 0.3 is 0 Å². The molecular weight excluding hydrogens is 328 g/mol. The molecule has 0 spiro atoms. The van der Waals surface area contributed by atoms with E-state index in [0.29, 0.717) is 29.8 Å². The van der Waals surface area contributed by atoms with Crippen LogP contribution >= 0.6 is 0 Å². The lowest BCUT2D eigenvalue weighted by molar-refractivity contribution is 0.130. The summed E-state index contributed by atoms with van der Waals surface area (Å²) in [6.07, 6.45) is 1.27. The summed E-state index contributed by atoms with van der Waals surface area (Å²) in [7, 11) is -2.92. The molecule has 0 unspecified atom stereocenters. The van der Waals surface area contributed by atoms with Crippen LogP contribution in [0, 0.1) is 0 Å². The van der Waals surface area contributed by atoms with E-state index >= 15 is 0 Å². The summed E-state index contributed by atoms with van der Waals surface area (Å²) in [6, 6.07) is 7.32. The number of sulfone groups is 1. The summed E-state index contributed by atoms with van der Waals surface area (Å²) in [5, 5.41) is 0.604. The number of rotatable bonds is 5. The quantitative estimate of drug-likeness (QED) is 0.822. The third-order valence-electron chi connectivity index (χ3n) is 4.28. The maximum atomic E-state index is 12.1. The molecule has 2 aromatic rings. The number of fused-ring (bicyclic) bond motifs is 1. The molecule has 3 rings (SSSR count). The van der Waals surface area contributed by atoms with Gasteiger partial charge in [0, 0.05) is 39.0 Å². The standard InChI is InChI=1S/C16H22N4O3S/c1-24(22,23)11-10-19-6-8-20(9-7-19)12-15-17-14-5-3-2-4-13(14)16(21)18-15/h2-5H,6-12H2,1H3,(H,17,18,21). The topological polar surface area (TPSA) is 86.4 Å². The van der Waals surface area contributed by atoms with Crippen molar-refractivity contribution in [1.29, 1.82) is 0 Å². The Labute approximate surface area is 141 Å². The first-order chi connectivity index (χ1) is 11.4. The highest BCUT2D eigenvalue weighted by atomic mass is 32.2. The fourth-order valence-corrected chi connectivity index (χ4v) is 3.48. The number of piperazine rings is 1. The molecule has 1 fully saturated rings. The summed E-state index contributed by atoms with van der Waals surface area (Å²) >= 11 is 0. The van der Waals surface area contributed by atoms with Crippen molar-refractivity contribution in [2.24, 2.45) is 0 Å². The Morgan fingerprint density at radius 2 is 1.79 bits per heavy atom. The molecule has 1 aliphatic rings. The van der Waals surface area contributed by atoms with Gasteiger partial charge < -0.3 is 4.98 Å².